The van der Waals surface area contributed by atoms with E-state index >= 15 is 0 Å². The molecule has 2 fully saturated rings. The first kappa shape index (κ1) is 21.2. The van der Waals surface area contributed by atoms with E-state index in [2.05, 4.69) is 31.4 Å². The quantitative estimate of drug-likeness (QED) is 0.425. The second kappa shape index (κ2) is 10.3. The van der Waals surface area contributed by atoms with Crippen LogP contribution in [0, 0.1) is 17.8 Å². The van der Waals surface area contributed by atoms with Crippen molar-refractivity contribution >= 4 is 0 Å². The highest BCUT2D eigenvalue weighted by Crippen LogP contribution is 2.37. The summed E-state index contributed by atoms with van der Waals surface area (Å²) < 4.78 is 32.9. The Morgan fingerprint density at radius 1 is 0.857 bits per heavy atom. The third-order valence-electron chi connectivity index (χ3n) is 6.86. The van der Waals surface area contributed by atoms with Crippen molar-refractivity contribution in [3.8, 4) is 0 Å². The Morgan fingerprint density at radius 2 is 1.39 bits per heavy atom. The standard InChI is InChI=1S/C25H34F2O/c1-3-18-5-11-21(12-6-18)22-13-9-20(10-14-22)17-28-24(25(26)27)23-15-7-19(4-2)8-16-23/h3-4,9-10,13-14,18-19,21,23-25H,1-2,5-8,11-12,15-17H2. The fraction of sp³-hybridized carbons (Fsp3) is 0.600. The van der Waals surface area contributed by atoms with E-state index in [1.165, 1.54) is 31.2 Å². The number of hydrogen-bond acceptors (Lipinski definition) is 1. The van der Waals surface area contributed by atoms with Gasteiger partial charge >= 0.3 is 0 Å². The van der Waals surface area contributed by atoms with Gasteiger partial charge in [-0.1, -0.05) is 36.4 Å². The van der Waals surface area contributed by atoms with E-state index in [-0.39, 0.29) is 12.5 Å². The van der Waals surface area contributed by atoms with E-state index in [1.54, 1.807) is 0 Å². The van der Waals surface area contributed by atoms with Gasteiger partial charge < -0.3 is 4.74 Å². The fourth-order valence-electron chi connectivity index (χ4n) is 4.89. The Morgan fingerprint density at radius 3 is 1.89 bits per heavy atom. The average molecular weight is 389 g/mol. The van der Waals surface area contributed by atoms with Crippen LogP contribution >= 0.6 is 0 Å². The molecule has 154 valence electrons. The number of benzene rings is 1. The van der Waals surface area contributed by atoms with Crippen LogP contribution < -0.4 is 0 Å². The molecule has 28 heavy (non-hydrogen) atoms. The molecular weight excluding hydrogens is 354 g/mol. The van der Waals surface area contributed by atoms with Crippen molar-refractivity contribution in [2.24, 2.45) is 17.8 Å². The van der Waals surface area contributed by atoms with Gasteiger partial charge in [-0.25, -0.2) is 8.78 Å². The van der Waals surface area contributed by atoms with Crippen molar-refractivity contribution in [3.63, 3.8) is 0 Å². The smallest absolute Gasteiger partial charge is 0.264 e. The summed E-state index contributed by atoms with van der Waals surface area (Å²) in [6.07, 6.45) is 8.99. The van der Waals surface area contributed by atoms with Gasteiger partial charge in [-0.3, -0.25) is 0 Å². The first-order valence-corrected chi connectivity index (χ1v) is 10.8. The molecule has 2 saturated carbocycles. The molecule has 3 rings (SSSR count). The number of hydrogen-bond donors (Lipinski definition) is 0. The number of alkyl halides is 2. The van der Waals surface area contributed by atoms with Crippen LogP contribution in [0.25, 0.3) is 0 Å². The van der Waals surface area contributed by atoms with Gasteiger partial charge in [0.25, 0.3) is 6.43 Å². The molecule has 1 unspecified atom stereocenters. The molecule has 3 heteroatoms. The molecule has 0 aromatic heterocycles. The average Bonchev–Trinajstić information content (AvgIpc) is 2.74. The molecule has 0 saturated heterocycles. The Balaban J connectivity index is 1.51. The molecule has 2 aliphatic rings. The third-order valence-corrected chi connectivity index (χ3v) is 6.86. The molecule has 0 heterocycles. The third kappa shape index (κ3) is 5.53. The summed E-state index contributed by atoms with van der Waals surface area (Å²) in [5.74, 6) is 1.70. The van der Waals surface area contributed by atoms with Crippen LogP contribution in [-0.2, 0) is 11.3 Å². The minimum absolute atomic E-state index is 0.0458. The van der Waals surface area contributed by atoms with E-state index < -0.39 is 12.5 Å². The number of rotatable bonds is 8. The SMILES string of the molecule is C=CC1CCC(c2ccc(COC(C(F)F)C3CCC(C=C)CC3)cc2)CC1. The van der Waals surface area contributed by atoms with Crippen LogP contribution in [0.4, 0.5) is 8.78 Å². The van der Waals surface area contributed by atoms with E-state index in [1.807, 2.05) is 18.2 Å². The largest absolute Gasteiger partial charge is 0.367 e. The Bertz CT molecular complexity index is 608. The summed E-state index contributed by atoms with van der Waals surface area (Å²) in [6, 6.07) is 8.41. The molecule has 1 aromatic rings. The number of allylic oxidation sites excluding steroid dienone is 2. The van der Waals surface area contributed by atoms with Gasteiger partial charge in [0.1, 0.15) is 6.10 Å². The van der Waals surface area contributed by atoms with Gasteiger partial charge in [0.05, 0.1) is 6.61 Å². The highest BCUT2D eigenvalue weighted by molar-refractivity contribution is 5.25. The Labute approximate surface area is 168 Å². The van der Waals surface area contributed by atoms with Crippen molar-refractivity contribution in [1.29, 1.82) is 0 Å². The lowest BCUT2D eigenvalue weighted by molar-refractivity contribution is -0.101. The highest BCUT2D eigenvalue weighted by Gasteiger charge is 2.33. The maximum absolute atomic E-state index is 13.6. The molecule has 0 N–H and O–H groups in total. The maximum Gasteiger partial charge on any atom is 0.264 e. The molecule has 1 aromatic carbocycles. The zero-order valence-electron chi connectivity index (χ0n) is 16.9. The van der Waals surface area contributed by atoms with E-state index in [9.17, 15) is 8.78 Å². The van der Waals surface area contributed by atoms with E-state index in [0.29, 0.717) is 17.8 Å². The van der Waals surface area contributed by atoms with Crippen LogP contribution in [0.5, 0.6) is 0 Å². The summed E-state index contributed by atoms with van der Waals surface area (Å²) in [5, 5.41) is 0. The molecule has 2 aliphatic carbocycles. The number of ether oxygens (including phenoxy) is 1. The monoisotopic (exact) mass is 388 g/mol. The van der Waals surface area contributed by atoms with Gasteiger partial charge in [0.2, 0.25) is 0 Å². The predicted molar refractivity (Wildman–Crippen MR) is 112 cm³/mol. The second-order valence-corrected chi connectivity index (χ2v) is 8.61. The van der Waals surface area contributed by atoms with Crippen LogP contribution in [-0.4, -0.2) is 12.5 Å². The van der Waals surface area contributed by atoms with Crippen molar-refractivity contribution in [3.05, 3.63) is 60.7 Å². The van der Waals surface area contributed by atoms with Gasteiger partial charge in [0, 0.05) is 0 Å². The van der Waals surface area contributed by atoms with Crippen LogP contribution in [0.15, 0.2) is 49.6 Å². The van der Waals surface area contributed by atoms with Crippen molar-refractivity contribution in [1.82, 2.24) is 0 Å². The van der Waals surface area contributed by atoms with Gasteiger partial charge in [-0.15, -0.1) is 13.2 Å². The van der Waals surface area contributed by atoms with Gasteiger partial charge in [0.15, 0.2) is 0 Å². The normalized spacial score (nSPS) is 29.4. The zero-order chi connectivity index (χ0) is 19.9. The maximum atomic E-state index is 13.6. The van der Waals surface area contributed by atoms with Crippen LogP contribution in [0.2, 0.25) is 0 Å². The zero-order valence-corrected chi connectivity index (χ0v) is 16.9. The lowest BCUT2D eigenvalue weighted by Crippen LogP contribution is -2.33. The predicted octanol–water partition coefficient (Wildman–Crippen LogP) is 7.29. The molecule has 0 spiro atoms. The van der Waals surface area contributed by atoms with E-state index in [4.69, 9.17) is 4.74 Å². The number of halogens is 2. The Hall–Kier alpha value is -1.48. The summed E-state index contributed by atoms with van der Waals surface area (Å²) in [5.41, 5.74) is 2.34. The lowest BCUT2D eigenvalue weighted by atomic mass is 9.78. The first-order chi connectivity index (χ1) is 13.6. The first-order valence-electron chi connectivity index (χ1n) is 10.8. The molecular formula is C25H34F2O. The second-order valence-electron chi connectivity index (χ2n) is 8.61. The van der Waals surface area contributed by atoms with Crippen molar-refractivity contribution in [2.45, 2.75) is 76.4 Å². The molecule has 0 aliphatic heterocycles. The van der Waals surface area contributed by atoms with E-state index in [0.717, 1.165) is 31.2 Å². The van der Waals surface area contributed by atoms with Gasteiger partial charge in [-0.05, 0) is 86.2 Å². The highest BCUT2D eigenvalue weighted by atomic mass is 19.3. The summed E-state index contributed by atoms with van der Waals surface area (Å²) in [4.78, 5) is 0. The lowest BCUT2D eigenvalue weighted by Gasteiger charge is -2.32. The summed E-state index contributed by atoms with van der Waals surface area (Å²) in [7, 11) is 0. The molecule has 0 amide bonds. The molecule has 0 radical (unpaired) electrons. The fourth-order valence-corrected chi connectivity index (χ4v) is 4.89. The van der Waals surface area contributed by atoms with Gasteiger partial charge in [-0.2, -0.15) is 0 Å². The topological polar surface area (TPSA) is 9.23 Å². The van der Waals surface area contributed by atoms with Crippen LogP contribution in [0.3, 0.4) is 0 Å². The minimum Gasteiger partial charge on any atom is -0.367 e. The molecule has 0 bridgehead atoms. The summed E-state index contributed by atoms with van der Waals surface area (Å²) in [6.45, 7) is 8.00. The van der Waals surface area contributed by atoms with Crippen LogP contribution in [0.1, 0.15) is 68.4 Å². The summed E-state index contributed by atoms with van der Waals surface area (Å²) >= 11 is 0. The molecule has 1 atom stereocenters. The Kier molecular flexibility index (Phi) is 7.84. The van der Waals surface area contributed by atoms with Crippen molar-refractivity contribution < 1.29 is 13.5 Å². The van der Waals surface area contributed by atoms with Crippen molar-refractivity contribution in [2.75, 3.05) is 0 Å². The molecule has 1 nitrogen and oxygen atoms in total. The minimum atomic E-state index is -2.43.